The van der Waals surface area contributed by atoms with Crippen molar-refractivity contribution >= 4 is 17.6 Å². The van der Waals surface area contributed by atoms with Gasteiger partial charge >= 0.3 is 5.97 Å². The Hall–Kier alpha value is -2.61. The molecular formula is C18H16O2. The Labute approximate surface area is 118 Å². The van der Waals surface area contributed by atoms with Gasteiger partial charge in [0.25, 0.3) is 0 Å². The molecule has 0 radical (unpaired) electrons. The van der Waals surface area contributed by atoms with Gasteiger partial charge in [-0.15, -0.1) is 0 Å². The summed E-state index contributed by atoms with van der Waals surface area (Å²) in [6.07, 6.45) is 3.78. The maximum absolute atomic E-state index is 11.2. The van der Waals surface area contributed by atoms with Gasteiger partial charge in [-0.05, 0) is 23.6 Å². The highest BCUT2D eigenvalue weighted by Crippen LogP contribution is 2.21. The predicted octanol–water partition coefficient (Wildman–Crippen LogP) is 4.26. The van der Waals surface area contributed by atoms with Crippen molar-refractivity contribution < 1.29 is 9.90 Å². The van der Waals surface area contributed by atoms with Crippen LogP contribution in [0.1, 0.15) is 18.1 Å². The lowest BCUT2D eigenvalue weighted by atomic mass is 9.99. The summed E-state index contributed by atoms with van der Waals surface area (Å²) in [4.78, 5) is 11.2. The van der Waals surface area contributed by atoms with Gasteiger partial charge in [0.05, 0.1) is 0 Å². The first-order valence-corrected chi connectivity index (χ1v) is 6.41. The molecule has 0 unspecified atom stereocenters. The van der Waals surface area contributed by atoms with Crippen LogP contribution in [0, 0.1) is 0 Å². The zero-order valence-electron chi connectivity index (χ0n) is 11.3. The minimum Gasteiger partial charge on any atom is -0.478 e. The highest BCUT2D eigenvalue weighted by molar-refractivity contribution is 5.99. The first-order chi connectivity index (χ1) is 9.68. The second-order valence-electron chi connectivity index (χ2n) is 4.45. The lowest BCUT2D eigenvalue weighted by Gasteiger charge is -2.06. The molecule has 0 spiro atoms. The van der Waals surface area contributed by atoms with E-state index in [1.807, 2.05) is 72.8 Å². The van der Waals surface area contributed by atoms with Gasteiger partial charge in [0, 0.05) is 5.57 Å². The fourth-order valence-electron chi connectivity index (χ4n) is 1.91. The van der Waals surface area contributed by atoms with Crippen LogP contribution in [0.3, 0.4) is 0 Å². The van der Waals surface area contributed by atoms with E-state index in [2.05, 4.69) is 0 Å². The number of carboxylic acid groups (broad SMARTS) is 1. The number of benzene rings is 2. The molecule has 0 aliphatic heterocycles. The van der Waals surface area contributed by atoms with Crippen LogP contribution < -0.4 is 0 Å². The molecule has 0 aromatic heterocycles. The van der Waals surface area contributed by atoms with E-state index in [1.54, 1.807) is 6.92 Å². The van der Waals surface area contributed by atoms with Crippen molar-refractivity contribution in [2.45, 2.75) is 6.92 Å². The Bertz CT molecular complexity index is 638. The Morgan fingerprint density at radius 2 is 1.50 bits per heavy atom. The third-order valence-electron chi connectivity index (χ3n) is 3.05. The normalized spacial score (nSPS) is 12.2. The van der Waals surface area contributed by atoms with Crippen LogP contribution in [0.5, 0.6) is 0 Å². The molecule has 0 atom stereocenters. The molecule has 0 saturated heterocycles. The van der Waals surface area contributed by atoms with Crippen molar-refractivity contribution in [3.8, 4) is 0 Å². The maximum atomic E-state index is 11.2. The van der Waals surface area contributed by atoms with Gasteiger partial charge in [0.1, 0.15) is 0 Å². The van der Waals surface area contributed by atoms with Crippen LogP contribution >= 0.6 is 0 Å². The van der Waals surface area contributed by atoms with Gasteiger partial charge < -0.3 is 5.11 Å². The SMILES string of the molecule is C/C(C(=O)O)=C(\C=C\c1ccccc1)c1ccccc1. The van der Waals surface area contributed by atoms with E-state index < -0.39 is 5.97 Å². The molecule has 100 valence electrons. The largest absolute Gasteiger partial charge is 0.478 e. The molecule has 0 bridgehead atoms. The van der Waals surface area contributed by atoms with Crippen molar-refractivity contribution in [3.05, 3.63) is 83.4 Å². The van der Waals surface area contributed by atoms with Crippen LogP contribution in [-0.2, 0) is 4.79 Å². The molecular weight excluding hydrogens is 248 g/mol. The van der Waals surface area contributed by atoms with E-state index in [1.165, 1.54) is 0 Å². The molecule has 2 aromatic rings. The summed E-state index contributed by atoms with van der Waals surface area (Å²) >= 11 is 0. The number of carboxylic acids is 1. The minimum absolute atomic E-state index is 0.336. The van der Waals surface area contributed by atoms with Gasteiger partial charge in [0.15, 0.2) is 0 Å². The molecule has 0 heterocycles. The summed E-state index contributed by atoms with van der Waals surface area (Å²) in [5.74, 6) is -0.901. The van der Waals surface area contributed by atoms with E-state index in [0.29, 0.717) is 5.57 Å². The van der Waals surface area contributed by atoms with Gasteiger partial charge in [-0.3, -0.25) is 0 Å². The second-order valence-corrected chi connectivity index (χ2v) is 4.45. The van der Waals surface area contributed by atoms with Crippen molar-refractivity contribution in [2.75, 3.05) is 0 Å². The number of hydrogen-bond acceptors (Lipinski definition) is 1. The number of carbonyl (C=O) groups is 1. The van der Waals surface area contributed by atoms with Gasteiger partial charge in [-0.1, -0.05) is 72.8 Å². The summed E-state index contributed by atoms with van der Waals surface area (Å²) in [7, 11) is 0. The van der Waals surface area contributed by atoms with E-state index in [9.17, 15) is 9.90 Å². The standard InChI is InChI=1S/C18H16O2/c1-14(18(19)20)17(16-10-6-3-7-11-16)13-12-15-8-4-2-5-9-15/h2-13H,1H3,(H,19,20)/b13-12+,17-14-. The van der Waals surface area contributed by atoms with E-state index in [-0.39, 0.29) is 0 Å². The Morgan fingerprint density at radius 1 is 0.950 bits per heavy atom. The first kappa shape index (κ1) is 13.8. The quantitative estimate of drug-likeness (QED) is 0.661. The first-order valence-electron chi connectivity index (χ1n) is 6.41. The maximum Gasteiger partial charge on any atom is 0.331 e. The molecule has 1 N–H and O–H groups in total. The molecule has 0 aliphatic carbocycles. The van der Waals surface area contributed by atoms with E-state index >= 15 is 0 Å². The van der Waals surface area contributed by atoms with Gasteiger partial charge in [0.2, 0.25) is 0 Å². The molecule has 20 heavy (non-hydrogen) atoms. The zero-order valence-corrected chi connectivity index (χ0v) is 11.3. The average molecular weight is 264 g/mol. The minimum atomic E-state index is -0.901. The highest BCUT2D eigenvalue weighted by Gasteiger charge is 2.08. The third kappa shape index (κ3) is 3.45. The van der Waals surface area contributed by atoms with Crippen LogP contribution in [0.25, 0.3) is 11.6 Å². The van der Waals surface area contributed by atoms with Crippen molar-refractivity contribution in [1.82, 2.24) is 0 Å². The molecule has 0 aliphatic rings. The molecule has 2 aromatic carbocycles. The average Bonchev–Trinajstić information content (AvgIpc) is 2.49. The monoisotopic (exact) mass is 264 g/mol. The van der Waals surface area contributed by atoms with Gasteiger partial charge in [-0.2, -0.15) is 0 Å². The van der Waals surface area contributed by atoms with Crippen molar-refractivity contribution in [1.29, 1.82) is 0 Å². The third-order valence-corrected chi connectivity index (χ3v) is 3.05. The van der Waals surface area contributed by atoms with E-state index in [4.69, 9.17) is 0 Å². The number of aliphatic carboxylic acids is 1. The summed E-state index contributed by atoms with van der Waals surface area (Å²) < 4.78 is 0. The molecule has 2 rings (SSSR count). The molecule has 2 heteroatoms. The molecule has 2 nitrogen and oxygen atoms in total. The smallest absolute Gasteiger partial charge is 0.331 e. The topological polar surface area (TPSA) is 37.3 Å². The number of rotatable bonds is 4. The van der Waals surface area contributed by atoms with Crippen LogP contribution in [0.15, 0.2) is 72.3 Å². The molecule has 0 saturated carbocycles. The fourth-order valence-corrected chi connectivity index (χ4v) is 1.91. The zero-order chi connectivity index (χ0) is 14.4. The lowest BCUT2D eigenvalue weighted by molar-refractivity contribution is -0.132. The van der Waals surface area contributed by atoms with Gasteiger partial charge in [-0.25, -0.2) is 4.79 Å². The summed E-state index contributed by atoms with van der Waals surface area (Å²) in [5, 5.41) is 9.22. The summed E-state index contributed by atoms with van der Waals surface area (Å²) in [6, 6.07) is 19.4. The Morgan fingerprint density at radius 3 is 2.05 bits per heavy atom. The molecule has 0 amide bonds. The Kier molecular flexibility index (Phi) is 4.51. The van der Waals surface area contributed by atoms with Crippen LogP contribution in [0.2, 0.25) is 0 Å². The van der Waals surface area contributed by atoms with Crippen molar-refractivity contribution in [2.24, 2.45) is 0 Å². The molecule has 0 fully saturated rings. The Balaban J connectivity index is 2.42. The van der Waals surface area contributed by atoms with E-state index in [0.717, 1.165) is 16.7 Å². The summed E-state index contributed by atoms with van der Waals surface area (Å²) in [6.45, 7) is 1.62. The lowest BCUT2D eigenvalue weighted by Crippen LogP contribution is -1.99. The number of hydrogen-bond donors (Lipinski definition) is 1. The van der Waals surface area contributed by atoms with Crippen LogP contribution in [-0.4, -0.2) is 11.1 Å². The van der Waals surface area contributed by atoms with Crippen molar-refractivity contribution in [3.63, 3.8) is 0 Å². The second kappa shape index (κ2) is 6.53. The van der Waals surface area contributed by atoms with Crippen LogP contribution in [0.4, 0.5) is 0 Å². The highest BCUT2D eigenvalue weighted by atomic mass is 16.4. The summed E-state index contributed by atoms with van der Waals surface area (Å²) in [5.41, 5.74) is 3.00. The fraction of sp³-hybridized carbons (Fsp3) is 0.0556. The number of allylic oxidation sites excluding steroid dienone is 2. The predicted molar refractivity (Wildman–Crippen MR) is 82.1 cm³/mol.